The summed E-state index contributed by atoms with van der Waals surface area (Å²) in [5, 5.41) is 2.71. The topological polar surface area (TPSA) is 78.7 Å². The summed E-state index contributed by atoms with van der Waals surface area (Å²) in [6.45, 7) is 5.80. The van der Waals surface area contributed by atoms with E-state index in [0.717, 1.165) is 0 Å². The van der Waals surface area contributed by atoms with Crippen LogP contribution in [0.25, 0.3) is 0 Å². The maximum Gasteiger partial charge on any atom is 0.241 e. The number of benzene rings is 1. The molecule has 23 heavy (non-hydrogen) atoms. The summed E-state index contributed by atoms with van der Waals surface area (Å²) in [5.74, 6) is -0.650. The molecule has 1 saturated heterocycles. The van der Waals surface area contributed by atoms with Crippen LogP contribution in [-0.2, 0) is 9.59 Å². The van der Waals surface area contributed by atoms with Crippen LogP contribution in [0.5, 0.6) is 0 Å². The van der Waals surface area contributed by atoms with Crippen molar-refractivity contribution in [2.75, 3.05) is 31.5 Å². The number of nitrogens with one attached hydrogen (secondary N) is 1. The molecule has 126 valence electrons. The van der Waals surface area contributed by atoms with Crippen molar-refractivity contribution >= 4 is 17.5 Å². The van der Waals surface area contributed by atoms with Gasteiger partial charge in [-0.3, -0.25) is 14.5 Å². The molecule has 0 aliphatic carbocycles. The number of anilines is 1. The Morgan fingerprint density at radius 2 is 1.87 bits per heavy atom. The van der Waals surface area contributed by atoms with Crippen LogP contribution in [0.15, 0.2) is 24.3 Å². The zero-order valence-corrected chi connectivity index (χ0v) is 13.5. The Labute approximate surface area is 135 Å². The van der Waals surface area contributed by atoms with E-state index in [0.29, 0.717) is 31.9 Å². The molecule has 0 radical (unpaired) electrons. The number of carbonyl (C=O) groups excluding carboxylic acids is 2. The zero-order valence-electron chi connectivity index (χ0n) is 13.5. The molecule has 7 heteroatoms. The first-order valence-corrected chi connectivity index (χ1v) is 7.73. The molecule has 2 rings (SSSR count). The minimum atomic E-state index is -0.504. The van der Waals surface area contributed by atoms with Crippen molar-refractivity contribution in [1.82, 2.24) is 9.80 Å². The predicted octanol–water partition coefficient (Wildman–Crippen LogP) is 0.644. The maximum atomic E-state index is 13.1. The van der Waals surface area contributed by atoms with E-state index < -0.39 is 11.9 Å². The molecule has 1 aromatic rings. The molecule has 3 N–H and O–H groups in total. The van der Waals surface area contributed by atoms with Gasteiger partial charge in [-0.05, 0) is 32.0 Å². The van der Waals surface area contributed by atoms with Crippen LogP contribution in [0.3, 0.4) is 0 Å². The molecule has 1 heterocycles. The lowest BCUT2D eigenvalue weighted by Crippen LogP contribution is -2.56. The van der Waals surface area contributed by atoms with Gasteiger partial charge in [0.2, 0.25) is 11.8 Å². The van der Waals surface area contributed by atoms with Gasteiger partial charge in [-0.2, -0.15) is 0 Å². The van der Waals surface area contributed by atoms with Crippen molar-refractivity contribution in [2.45, 2.75) is 25.9 Å². The summed E-state index contributed by atoms with van der Waals surface area (Å²) in [5.41, 5.74) is 6.05. The molecular formula is C16H23FN4O2. The maximum absolute atomic E-state index is 13.1. The van der Waals surface area contributed by atoms with Gasteiger partial charge in [-0.25, -0.2) is 4.39 Å². The fourth-order valence-corrected chi connectivity index (χ4v) is 2.60. The summed E-state index contributed by atoms with van der Waals surface area (Å²) >= 11 is 0. The van der Waals surface area contributed by atoms with E-state index in [1.165, 1.54) is 12.1 Å². The predicted molar refractivity (Wildman–Crippen MR) is 86.3 cm³/mol. The van der Waals surface area contributed by atoms with Gasteiger partial charge in [0.05, 0.1) is 12.1 Å². The quantitative estimate of drug-likeness (QED) is 0.853. The van der Waals surface area contributed by atoms with Gasteiger partial charge in [-0.1, -0.05) is 6.07 Å². The average Bonchev–Trinajstić information content (AvgIpc) is 2.53. The van der Waals surface area contributed by atoms with Crippen molar-refractivity contribution in [3.63, 3.8) is 0 Å². The summed E-state index contributed by atoms with van der Waals surface area (Å²) in [6, 6.07) is 4.94. The Hall–Kier alpha value is -1.99. The standard InChI is InChI=1S/C16H23FN4O2/c1-11(18)16(23)21-8-6-20(7-9-21)12(2)15(22)19-14-5-3-4-13(17)10-14/h3-5,10-12H,6-9,18H2,1-2H3,(H,19,22). The number of rotatable bonds is 4. The van der Waals surface area contributed by atoms with Crippen LogP contribution in [0.1, 0.15) is 13.8 Å². The average molecular weight is 322 g/mol. The van der Waals surface area contributed by atoms with Gasteiger partial charge in [0.25, 0.3) is 0 Å². The van der Waals surface area contributed by atoms with Gasteiger partial charge in [0, 0.05) is 31.9 Å². The molecule has 6 nitrogen and oxygen atoms in total. The van der Waals surface area contributed by atoms with Crippen LogP contribution in [0.2, 0.25) is 0 Å². The van der Waals surface area contributed by atoms with E-state index in [9.17, 15) is 14.0 Å². The first-order valence-electron chi connectivity index (χ1n) is 7.73. The normalized spacial score (nSPS) is 18.3. The zero-order chi connectivity index (χ0) is 17.0. The largest absolute Gasteiger partial charge is 0.339 e. The highest BCUT2D eigenvalue weighted by Gasteiger charge is 2.28. The van der Waals surface area contributed by atoms with Crippen molar-refractivity contribution < 1.29 is 14.0 Å². The van der Waals surface area contributed by atoms with Gasteiger partial charge >= 0.3 is 0 Å². The molecule has 1 fully saturated rings. The fourth-order valence-electron chi connectivity index (χ4n) is 2.60. The molecule has 0 spiro atoms. The lowest BCUT2D eigenvalue weighted by molar-refractivity contribution is -0.134. The van der Waals surface area contributed by atoms with Crippen molar-refractivity contribution in [1.29, 1.82) is 0 Å². The number of hydrogen-bond donors (Lipinski definition) is 2. The smallest absolute Gasteiger partial charge is 0.241 e. The van der Waals surface area contributed by atoms with E-state index in [2.05, 4.69) is 5.32 Å². The number of halogens is 1. The SMILES string of the molecule is CC(N)C(=O)N1CCN(C(C)C(=O)Nc2cccc(F)c2)CC1. The Bertz CT molecular complexity index is 571. The van der Waals surface area contributed by atoms with Crippen LogP contribution < -0.4 is 11.1 Å². The highest BCUT2D eigenvalue weighted by atomic mass is 19.1. The van der Waals surface area contributed by atoms with Gasteiger partial charge < -0.3 is 16.0 Å². The molecule has 0 saturated carbocycles. The van der Waals surface area contributed by atoms with Crippen molar-refractivity contribution in [2.24, 2.45) is 5.73 Å². The Morgan fingerprint density at radius 1 is 1.22 bits per heavy atom. The lowest BCUT2D eigenvalue weighted by atomic mass is 10.2. The van der Waals surface area contributed by atoms with Crippen LogP contribution in [0, 0.1) is 5.82 Å². The van der Waals surface area contributed by atoms with Crippen LogP contribution in [-0.4, -0.2) is 59.9 Å². The molecule has 2 unspecified atom stereocenters. The van der Waals surface area contributed by atoms with E-state index in [1.807, 2.05) is 4.90 Å². The third-order valence-electron chi connectivity index (χ3n) is 4.03. The highest BCUT2D eigenvalue weighted by molar-refractivity contribution is 5.94. The third-order valence-corrected chi connectivity index (χ3v) is 4.03. The van der Waals surface area contributed by atoms with Gasteiger partial charge in [-0.15, -0.1) is 0 Å². The molecule has 2 atom stereocenters. The number of hydrogen-bond acceptors (Lipinski definition) is 4. The second kappa shape index (κ2) is 7.52. The first-order chi connectivity index (χ1) is 10.9. The number of piperazine rings is 1. The monoisotopic (exact) mass is 322 g/mol. The molecule has 0 aromatic heterocycles. The molecule has 0 bridgehead atoms. The summed E-state index contributed by atoms with van der Waals surface area (Å²) in [4.78, 5) is 27.8. The second-order valence-corrected chi connectivity index (χ2v) is 5.83. The van der Waals surface area contributed by atoms with E-state index in [4.69, 9.17) is 5.73 Å². The number of nitrogens with zero attached hydrogens (tertiary/aromatic N) is 2. The number of amides is 2. The Balaban J connectivity index is 1.88. The minimum Gasteiger partial charge on any atom is -0.339 e. The number of carbonyl (C=O) groups is 2. The van der Waals surface area contributed by atoms with Crippen LogP contribution in [0.4, 0.5) is 10.1 Å². The van der Waals surface area contributed by atoms with E-state index in [-0.39, 0.29) is 17.9 Å². The van der Waals surface area contributed by atoms with Crippen molar-refractivity contribution in [3.05, 3.63) is 30.1 Å². The van der Waals surface area contributed by atoms with Crippen LogP contribution >= 0.6 is 0 Å². The number of nitrogens with two attached hydrogens (primary N) is 1. The van der Waals surface area contributed by atoms with Gasteiger partial charge in [0.15, 0.2) is 0 Å². The summed E-state index contributed by atoms with van der Waals surface area (Å²) in [6.07, 6.45) is 0. The van der Waals surface area contributed by atoms with Crippen molar-refractivity contribution in [3.8, 4) is 0 Å². The molecular weight excluding hydrogens is 299 g/mol. The molecule has 1 aliphatic heterocycles. The van der Waals surface area contributed by atoms with Gasteiger partial charge in [0.1, 0.15) is 5.82 Å². The Kier molecular flexibility index (Phi) is 5.68. The van der Waals surface area contributed by atoms with E-state index in [1.54, 1.807) is 30.9 Å². The first kappa shape index (κ1) is 17.4. The lowest BCUT2D eigenvalue weighted by Gasteiger charge is -2.38. The van der Waals surface area contributed by atoms with E-state index >= 15 is 0 Å². The third kappa shape index (κ3) is 4.49. The molecule has 2 amide bonds. The minimum absolute atomic E-state index is 0.0680. The summed E-state index contributed by atoms with van der Waals surface area (Å²) in [7, 11) is 0. The Morgan fingerprint density at radius 3 is 2.43 bits per heavy atom. The molecule has 1 aromatic carbocycles. The molecule has 1 aliphatic rings. The fraction of sp³-hybridized carbons (Fsp3) is 0.500. The highest BCUT2D eigenvalue weighted by Crippen LogP contribution is 2.12. The second-order valence-electron chi connectivity index (χ2n) is 5.83. The summed E-state index contributed by atoms with van der Waals surface area (Å²) < 4.78 is 13.1.